The highest BCUT2D eigenvalue weighted by molar-refractivity contribution is 6.14. The molecule has 1 aliphatic rings. The summed E-state index contributed by atoms with van der Waals surface area (Å²) in [5.41, 5.74) is 0.608. The van der Waals surface area contributed by atoms with Gasteiger partial charge in [0.25, 0.3) is 5.91 Å². The van der Waals surface area contributed by atoms with Gasteiger partial charge in [-0.2, -0.15) is 0 Å². The summed E-state index contributed by atoms with van der Waals surface area (Å²) in [4.78, 5) is 41.1. The lowest BCUT2D eigenvalue weighted by molar-refractivity contribution is -0.115. The first-order valence-electron chi connectivity index (χ1n) is 6.29. The summed E-state index contributed by atoms with van der Waals surface area (Å²) in [7, 11) is 1.56. The predicted octanol–water partition coefficient (Wildman–Crippen LogP) is 0.379. The maximum Gasteiger partial charge on any atom is 0.261 e. The number of carbonyl (C=O) groups excluding carboxylic acids is 2. The number of nitrogens with one attached hydrogen (secondary N) is 1. The van der Waals surface area contributed by atoms with Crippen molar-refractivity contribution in [3.8, 4) is 0 Å². The lowest BCUT2D eigenvalue weighted by Gasteiger charge is -2.27. The quantitative estimate of drug-likeness (QED) is 0.820. The van der Waals surface area contributed by atoms with Gasteiger partial charge in [-0.05, 0) is 18.2 Å². The van der Waals surface area contributed by atoms with E-state index in [0.29, 0.717) is 17.1 Å². The number of hydrogen-bond donors (Lipinski definition) is 1. The molecule has 1 N–H and O–H groups in total. The van der Waals surface area contributed by atoms with Gasteiger partial charge in [0.2, 0.25) is 11.5 Å². The van der Waals surface area contributed by atoms with Crippen LogP contribution in [0.5, 0.6) is 0 Å². The third kappa shape index (κ3) is 2.29. The van der Waals surface area contributed by atoms with Crippen LogP contribution in [0.3, 0.4) is 0 Å². The molecule has 2 amide bonds. The molecule has 0 spiro atoms. The van der Waals surface area contributed by atoms with Gasteiger partial charge < -0.3 is 9.88 Å². The monoisotopic (exact) mass is 284 g/mol. The number of aryl methyl sites for hydroxylation is 1. The van der Waals surface area contributed by atoms with Crippen molar-refractivity contribution in [2.75, 3.05) is 16.8 Å². The van der Waals surface area contributed by atoms with Crippen molar-refractivity contribution >= 4 is 23.3 Å². The maximum atomic E-state index is 12.6. The fourth-order valence-electron chi connectivity index (χ4n) is 2.16. The fraction of sp³-hybridized carbons (Fsp3) is 0.143. The van der Waals surface area contributed by atoms with Crippen LogP contribution in [-0.4, -0.2) is 27.9 Å². The smallest absolute Gasteiger partial charge is 0.261 e. The second-order valence-corrected chi connectivity index (χ2v) is 4.68. The van der Waals surface area contributed by atoms with Gasteiger partial charge in [0, 0.05) is 25.5 Å². The Balaban J connectivity index is 2.03. The zero-order valence-electron chi connectivity index (χ0n) is 11.2. The molecule has 21 heavy (non-hydrogen) atoms. The summed E-state index contributed by atoms with van der Waals surface area (Å²) in [5.74, 6) is -0.259. The Kier molecular flexibility index (Phi) is 3.02. The van der Waals surface area contributed by atoms with Crippen LogP contribution >= 0.6 is 0 Å². The first-order valence-corrected chi connectivity index (χ1v) is 6.29. The van der Waals surface area contributed by atoms with Crippen LogP contribution < -0.4 is 15.8 Å². The zero-order chi connectivity index (χ0) is 15.0. The highest BCUT2D eigenvalue weighted by Crippen LogP contribution is 2.27. The Morgan fingerprint density at radius 1 is 1.29 bits per heavy atom. The molecule has 2 aromatic rings. The largest absolute Gasteiger partial charge is 0.321 e. The molecule has 0 fully saturated rings. The van der Waals surface area contributed by atoms with Crippen LogP contribution in [0.2, 0.25) is 0 Å². The summed E-state index contributed by atoms with van der Waals surface area (Å²) >= 11 is 0. The molecule has 0 bridgehead atoms. The number of hydrogen-bond acceptors (Lipinski definition) is 4. The number of nitrogens with zero attached hydrogens (tertiary/aromatic N) is 3. The number of rotatable bonds is 1. The van der Waals surface area contributed by atoms with Gasteiger partial charge in [0.1, 0.15) is 6.54 Å². The van der Waals surface area contributed by atoms with Crippen molar-refractivity contribution in [1.82, 2.24) is 9.55 Å². The minimum atomic E-state index is -0.375. The van der Waals surface area contributed by atoms with Gasteiger partial charge in [-0.15, -0.1) is 0 Å². The Morgan fingerprint density at radius 3 is 2.86 bits per heavy atom. The molecule has 106 valence electrons. The molecule has 0 saturated heterocycles. The molecule has 0 aliphatic carbocycles. The average Bonchev–Trinajstić information content (AvgIpc) is 2.48. The molecule has 7 heteroatoms. The predicted molar refractivity (Wildman–Crippen MR) is 76.2 cm³/mol. The molecule has 0 saturated carbocycles. The molecule has 3 rings (SSSR count). The summed E-state index contributed by atoms with van der Waals surface area (Å²) < 4.78 is 1.32. The van der Waals surface area contributed by atoms with E-state index in [1.807, 2.05) is 0 Å². The summed E-state index contributed by atoms with van der Waals surface area (Å²) in [6, 6.07) is 6.12. The van der Waals surface area contributed by atoms with E-state index in [9.17, 15) is 14.4 Å². The van der Waals surface area contributed by atoms with E-state index in [0.717, 1.165) is 0 Å². The lowest BCUT2D eigenvalue weighted by atomic mass is 10.2. The van der Waals surface area contributed by atoms with Crippen LogP contribution in [0.25, 0.3) is 0 Å². The minimum Gasteiger partial charge on any atom is -0.321 e. The van der Waals surface area contributed by atoms with Gasteiger partial charge in [-0.25, -0.2) is 4.98 Å². The normalized spacial score (nSPS) is 13.6. The van der Waals surface area contributed by atoms with E-state index in [-0.39, 0.29) is 23.9 Å². The van der Waals surface area contributed by atoms with E-state index >= 15 is 0 Å². The number of amides is 2. The highest BCUT2D eigenvalue weighted by Gasteiger charge is 2.28. The van der Waals surface area contributed by atoms with Crippen molar-refractivity contribution in [1.29, 1.82) is 0 Å². The van der Waals surface area contributed by atoms with Crippen molar-refractivity contribution in [2.24, 2.45) is 7.05 Å². The van der Waals surface area contributed by atoms with E-state index in [2.05, 4.69) is 10.3 Å². The number of fused-ring (bicyclic) bond motifs is 1. The van der Waals surface area contributed by atoms with Gasteiger partial charge in [0.05, 0.1) is 11.3 Å². The van der Waals surface area contributed by atoms with E-state index in [4.69, 9.17) is 0 Å². The van der Waals surface area contributed by atoms with Crippen LogP contribution in [-0.2, 0) is 11.8 Å². The van der Waals surface area contributed by atoms with Crippen LogP contribution in [0.1, 0.15) is 10.4 Å². The van der Waals surface area contributed by atoms with Gasteiger partial charge in [-0.1, -0.05) is 0 Å². The van der Waals surface area contributed by atoms with Gasteiger partial charge >= 0.3 is 0 Å². The molecule has 0 unspecified atom stereocenters. The molecule has 3 heterocycles. The maximum absolute atomic E-state index is 12.6. The minimum absolute atomic E-state index is 0.105. The molecular formula is C14H12N4O3. The summed E-state index contributed by atoms with van der Waals surface area (Å²) in [5, 5.41) is 2.67. The molecular weight excluding hydrogens is 272 g/mol. The van der Waals surface area contributed by atoms with E-state index in [1.165, 1.54) is 27.8 Å². The van der Waals surface area contributed by atoms with Crippen LogP contribution in [0.15, 0.2) is 41.5 Å². The van der Waals surface area contributed by atoms with Crippen molar-refractivity contribution in [2.45, 2.75) is 0 Å². The SMILES string of the molecule is Cn1cc(C(=O)N2CC(=O)Nc3cccnc32)ccc1=O. The van der Waals surface area contributed by atoms with Crippen molar-refractivity contribution in [3.05, 3.63) is 52.6 Å². The highest BCUT2D eigenvalue weighted by atomic mass is 16.2. The Morgan fingerprint density at radius 2 is 2.10 bits per heavy atom. The first kappa shape index (κ1) is 13.0. The van der Waals surface area contributed by atoms with E-state index in [1.54, 1.807) is 25.4 Å². The van der Waals surface area contributed by atoms with Gasteiger partial charge in [-0.3, -0.25) is 19.3 Å². The van der Waals surface area contributed by atoms with Crippen LogP contribution in [0, 0.1) is 0 Å². The zero-order valence-corrected chi connectivity index (χ0v) is 11.2. The third-order valence-electron chi connectivity index (χ3n) is 3.20. The summed E-state index contributed by atoms with van der Waals surface area (Å²) in [6.07, 6.45) is 3.00. The van der Waals surface area contributed by atoms with Crippen molar-refractivity contribution < 1.29 is 9.59 Å². The van der Waals surface area contributed by atoms with Gasteiger partial charge in [0.15, 0.2) is 5.82 Å². The first-order chi connectivity index (χ1) is 10.1. The Labute approximate surface area is 119 Å². The molecule has 7 nitrogen and oxygen atoms in total. The molecule has 0 aromatic carbocycles. The van der Waals surface area contributed by atoms with E-state index < -0.39 is 0 Å². The third-order valence-corrected chi connectivity index (χ3v) is 3.20. The topological polar surface area (TPSA) is 84.3 Å². The second kappa shape index (κ2) is 4.86. The Bertz CT molecular complexity index is 797. The molecule has 0 atom stereocenters. The number of anilines is 2. The molecule has 0 radical (unpaired) electrons. The van der Waals surface area contributed by atoms with Crippen LogP contribution in [0.4, 0.5) is 11.5 Å². The number of aromatic nitrogens is 2. The second-order valence-electron chi connectivity index (χ2n) is 4.68. The average molecular weight is 284 g/mol. The molecule has 2 aromatic heterocycles. The van der Waals surface area contributed by atoms with Crippen molar-refractivity contribution in [3.63, 3.8) is 0 Å². The number of pyridine rings is 2. The Hall–Kier alpha value is -2.96. The molecule has 1 aliphatic heterocycles. The summed E-state index contributed by atoms with van der Waals surface area (Å²) in [6.45, 7) is -0.105. The lowest BCUT2D eigenvalue weighted by Crippen LogP contribution is -2.43. The standard InChI is InChI=1S/C14H12N4O3/c1-17-7-9(4-5-12(17)20)14(21)18-8-11(19)16-10-3-2-6-15-13(10)18/h2-7H,8H2,1H3,(H,16,19). The number of carbonyl (C=O) groups is 2. The fourth-order valence-corrected chi connectivity index (χ4v) is 2.16.